The molecule has 146 valence electrons. The van der Waals surface area contributed by atoms with E-state index < -0.39 is 0 Å². The second kappa shape index (κ2) is 7.71. The van der Waals surface area contributed by atoms with Crippen molar-refractivity contribution in [3.05, 3.63) is 49.9 Å². The predicted molar refractivity (Wildman–Crippen MR) is 121 cm³/mol. The number of hydrogen-bond donors (Lipinski definition) is 0. The first-order chi connectivity index (χ1) is 12.2. The fourth-order valence-corrected chi connectivity index (χ4v) is 4.16. The Bertz CT molecular complexity index is 826. The molecular weight excluding hydrogens is 468 g/mol. The number of carbonyl (C=O) groups is 1. The van der Waals surface area contributed by atoms with E-state index in [0.29, 0.717) is 5.75 Å². The van der Waals surface area contributed by atoms with Crippen molar-refractivity contribution >= 4 is 37.8 Å². The van der Waals surface area contributed by atoms with E-state index in [2.05, 4.69) is 105 Å². The highest BCUT2D eigenvalue weighted by atomic mass is 79.9. The Kier molecular flexibility index (Phi) is 6.33. The molecule has 2 aromatic carbocycles. The molecule has 27 heavy (non-hydrogen) atoms. The Morgan fingerprint density at radius 2 is 1.19 bits per heavy atom. The molecule has 0 aromatic heterocycles. The second-order valence-corrected chi connectivity index (χ2v) is 10.8. The van der Waals surface area contributed by atoms with Gasteiger partial charge in [-0.3, -0.25) is 4.79 Å². The van der Waals surface area contributed by atoms with Gasteiger partial charge in [-0.1, -0.05) is 73.4 Å². The van der Waals surface area contributed by atoms with Crippen molar-refractivity contribution in [3.63, 3.8) is 0 Å². The summed E-state index contributed by atoms with van der Waals surface area (Å²) in [6, 6.07) is 8.58. The molecular formula is C23H28Br2O2. The maximum Gasteiger partial charge on any atom is 0.308 e. The molecule has 0 unspecified atom stereocenters. The average molecular weight is 496 g/mol. The van der Waals surface area contributed by atoms with E-state index in [4.69, 9.17) is 4.74 Å². The lowest BCUT2D eigenvalue weighted by molar-refractivity contribution is -0.132. The number of rotatable bonds is 2. The Balaban J connectivity index is 2.87. The smallest absolute Gasteiger partial charge is 0.308 e. The predicted octanol–water partition coefficient (Wildman–Crippen LogP) is 7.71. The van der Waals surface area contributed by atoms with E-state index in [-0.39, 0.29) is 16.8 Å². The Labute approximate surface area is 180 Å². The summed E-state index contributed by atoms with van der Waals surface area (Å²) in [5.41, 5.74) is 5.13. The molecule has 0 atom stereocenters. The van der Waals surface area contributed by atoms with Crippen LogP contribution < -0.4 is 4.74 Å². The molecule has 0 radical (unpaired) electrons. The van der Waals surface area contributed by atoms with Gasteiger partial charge in [0.2, 0.25) is 0 Å². The van der Waals surface area contributed by atoms with E-state index in [9.17, 15) is 4.79 Å². The largest absolute Gasteiger partial charge is 0.426 e. The molecule has 0 heterocycles. The van der Waals surface area contributed by atoms with Crippen LogP contribution in [0.25, 0.3) is 11.1 Å². The first-order valence-electron chi connectivity index (χ1n) is 9.05. The van der Waals surface area contributed by atoms with Crippen molar-refractivity contribution in [1.29, 1.82) is 0 Å². The van der Waals surface area contributed by atoms with Crippen LogP contribution in [0.15, 0.2) is 33.2 Å². The van der Waals surface area contributed by atoms with Crippen LogP contribution in [0.2, 0.25) is 0 Å². The number of carbonyl (C=O) groups excluding carboxylic acids is 1. The van der Waals surface area contributed by atoms with Crippen LogP contribution >= 0.6 is 31.9 Å². The number of hydrogen-bond acceptors (Lipinski definition) is 2. The van der Waals surface area contributed by atoms with Crippen LogP contribution in [0.1, 0.15) is 65.2 Å². The molecule has 0 aliphatic carbocycles. The number of esters is 1. The van der Waals surface area contributed by atoms with Crippen LogP contribution in [0.5, 0.6) is 5.75 Å². The lowest BCUT2D eigenvalue weighted by Crippen LogP contribution is -2.21. The van der Waals surface area contributed by atoms with Gasteiger partial charge in [0.25, 0.3) is 0 Å². The topological polar surface area (TPSA) is 26.3 Å². The minimum atomic E-state index is -0.292. The third kappa shape index (κ3) is 5.03. The minimum Gasteiger partial charge on any atom is -0.426 e. The van der Waals surface area contributed by atoms with Crippen molar-refractivity contribution in [2.75, 3.05) is 0 Å². The van der Waals surface area contributed by atoms with Gasteiger partial charge >= 0.3 is 5.97 Å². The highest BCUT2D eigenvalue weighted by molar-refractivity contribution is 9.11. The molecule has 2 aromatic rings. The van der Waals surface area contributed by atoms with Gasteiger partial charge in [-0.05, 0) is 58.7 Å². The molecule has 0 saturated heterocycles. The molecule has 0 amide bonds. The monoisotopic (exact) mass is 494 g/mol. The van der Waals surface area contributed by atoms with Crippen LogP contribution in [-0.2, 0) is 15.6 Å². The molecule has 4 heteroatoms. The molecule has 0 spiro atoms. The summed E-state index contributed by atoms with van der Waals surface area (Å²) < 4.78 is 7.85. The van der Waals surface area contributed by atoms with E-state index in [0.717, 1.165) is 31.2 Å². The zero-order valence-corrected chi connectivity index (χ0v) is 20.6. The highest BCUT2D eigenvalue weighted by Gasteiger charge is 2.29. The molecule has 0 fully saturated rings. The van der Waals surface area contributed by atoms with Gasteiger partial charge < -0.3 is 4.74 Å². The first-order valence-corrected chi connectivity index (χ1v) is 10.6. The van der Waals surface area contributed by atoms with E-state index in [1.165, 1.54) is 12.5 Å². The zero-order chi connectivity index (χ0) is 20.7. The first kappa shape index (κ1) is 22.2. The maximum atomic E-state index is 11.8. The lowest BCUT2D eigenvalue weighted by Gasteiger charge is -2.30. The van der Waals surface area contributed by atoms with Crippen LogP contribution in [-0.4, -0.2) is 5.97 Å². The van der Waals surface area contributed by atoms with E-state index >= 15 is 0 Å². The molecule has 0 aliphatic rings. The van der Waals surface area contributed by atoms with E-state index in [1.807, 2.05) is 0 Å². The van der Waals surface area contributed by atoms with Gasteiger partial charge in [-0.25, -0.2) is 0 Å². The molecule has 0 bridgehead atoms. The Hall–Kier alpha value is -1.13. The van der Waals surface area contributed by atoms with Gasteiger partial charge in [0.1, 0.15) is 5.75 Å². The molecule has 0 aliphatic heterocycles. The highest BCUT2D eigenvalue weighted by Crippen LogP contribution is 2.43. The number of benzene rings is 2. The summed E-state index contributed by atoms with van der Waals surface area (Å²) in [5.74, 6) is 0.399. The summed E-state index contributed by atoms with van der Waals surface area (Å²) in [7, 11) is 0. The molecule has 2 nitrogen and oxygen atoms in total. The second-order valence-electron chi connectivity index (χ2n) is 9.06. The summed E-state index contributed by atoms with van der Waals surface area (Å²) in [4.78, 5) is 11.8. The minimum absolute atomic E-state index is 0.167. The van der Waals surface area contributed by atoms with Gasteiger partial charge in [-0.2, -0.15) is 0 Å². The quantitative estimate of drug-likeness (QED) is 0.315. The SMILES string of the molecule is CC(=O)Oc1c(C(C)(C)C)cc(-c2cc(Br)c(C)c(Br)c2)cc1C(C)(C)C. The van der Waals surface area contributed by atoms with Crippen molar-refractivity contribution in [2.45, 2.75) is 66.2 Å². The fraction of sp³-hybridized carbons (Fsp3) is 0.435. The molecule has 0 saturated carbocycles. The van der Waals surface area contributed by atoms with Crippen molar-refractivity contribution in [1.82, 2.24) is 0 Å². The van der Waals surface area contributed by atoms with Crippen molar-refractivity contribution in [2.24, 2.45) is 0 Å². The standard InChI is InChI=1S/C23H28Br2O2/c1-13-19(24)11-16(12-20(13)25)15-9-17(22(3,4)5)21(27-14(2)26)18(10-15)23(6,7)8/h9-12H,1-8H3. The van der Waals surface area contributed by atoms with Crippen molar-refractivity contribution in [3.8, 4) is 16.9 Å². The van der Waals surface area contributed by atoms with Gasteiger partial charge in [0.15, 0.2) is 0 Å². The normalized spacial score (nSPS) is 12.2. The van der Waals surface area contributed by atoms with Gasteiger partial charge in [0, 0.05) is 27.0 Å². The third-order valence-electron chi connectivity index (χ3n) is 4.57. The van der Waals surface area contributed by atoms with Gasteiger partial charge in [-0.15, -0.1) is 0 Å². The summed E-state index contributed by atoms with van der Waals surface area (Å²) >= 11 is 7.32. The van der Waals surface area contributed by atoms with Crippen LogP contribution in [0.4, 0.5) is 0 Å². The number of ether oxygens (including phenoxy) is 1. The van der Waals surface area contributed by atoms with Crippen LogP contribution in [0.3, 0.4) is 0 Å². The summed E-state index contributed by atoms with van der Waals surface area (Å²) in [6.07, 6.45) is 0. The zero-order valence-electron chi connectivity index (χ0n) is 17.4. The van der Waals surface area contributed by atoms with E-state index in [1.54, 1.807) is 0 Å². The average Bonchev–Trinajstić information content (AvgIpc) is 2.49. The summed E-state index contributed by atoms with van der Waals surface area (Å²) in [6.45, 7) is 16.4. The summed E-state index contributed by atoms with van der Waals surface area (Å²) in [5, 5.41) is 0. The van der Waals surface area contributed by atoms with Gasteiger partial charge in [0.05, 0.1) is 0 Å². The Morgan fingerprint density at radius 1 is 0.815 bits per heavy atom. The van der Waals surface area contributed by atoms with Crippen molar-refractivity contribution < 1.29 is 9.53 Å². The molecule has 0 N–H and O–H groups in total. The maximum absolute atomic E-state index is 11.8. The number of halogens is 2. The Morgan fingerprint density at radius 3 is 1.52 bits per heavy atom. The fourth-order valence-electron chi connectivity index (χ4n) is 2.98. The lowest BCUT2D eigenvalue weighted by atomic mass is 9.77. The van der Waals surface area contributed by atoms with Crippen LogP contribution in [0, 0.1) is 6.92 Å². The molecule has 2 rings (SSSR count). The third-order valence-corrected chi connectivity index (χ3v) is 6.21.